The van der Waals surface area contributed by atoms with Crippen LogP contribution in [0.2, 0.25) is 0 Å². The number of aryl methyl sites for hydroxylation is 1. The second kappa shape index (κ2) is 7.54. The van der Waals surface area contributed by atoms with E-state index in [1.165, 1.54) is 5.56 Å². The quantitative estimate of drug-likeness (QED) is 0.727. The molecule has 0 bridgehead atoms. The third-order valence-corrected chi connectivity index (χ3v) is 5.14. The summed E-state index contributed by atoms with van der Waals surface area (Å²) in [6.07, 6.45) is 0.856. The maximum Gasteiger partial charge on any atom is 0.277 e. The van der Waals surface area contributed by atoms with Crippen molar-refractivity contribution in [2.24, 2.45) is 0 Å². The van der Waals surface area contributed by atoms with Gasteiger partial charge in [0.25, 0.3) is 5.91 Å². The minimum absolute atomic E-state index is 0.0982. The Labute approximate surface area is 171 Å². The first-order chi connectivity index (χ1) is 13.9. The van der Waals surface area contributed by atoms with Crippen LogP contribution in [-0.4, -0.2) is 36.0 Å². The Morgan fingerprint density at radius 1 is 1.10 bits per heavy atom. The van der Waals surface area contributed by atoms with Crippen LogP contribution in [0, 0.1) is 6.92 Å². The van der Waals surface area contributed by atoms with Crippen LogP contribution in [0.3, 0.4) is 0 Å². The van der Waals surface area contributed by atoms with Gasteiger partial charge in [0.05, 0.1) is 0 Å². The van der Waals surface area contributed by atoms with Gasteiger partial charge in [-0.1, -0.05) is 18.2 Å². The maximum atomic E-state index is 13.3. The van der Waals surface area contributed by atoms with E-state index in [1.54, 1.807) is 13.0 Å². The summed E-state index contributed by atoms with van der Waals surface area (Å²) in [5.74, 6) is 1.07. The van der Waals surface area contributed by atoms with Crippen molar-refractivity contribution in [3.63, 3.8) is 0 Å². The summed E-state index contributed by atoms with van der Waals surface area (Å²) in [5, 5.41) is 3.29. The second-order valence-electron chi connectivity index (χ2n) is 7.61. The van der Waals surface area contributed by atoms with Gasteiger partial charge in [-0.2, -0.15) is 0 Å². The van der Waals surface area contributed by atoms with E-state index < -0.39 is 0 Å². The van der Waals surface area contributed by atoms with Crippen LogP contribution in [0.1, 0.15) is 28.8 Å². The van der Waals surface area contributed by atoms with Crippen molar-refractivity contribution in [3.05, 3.63) is 71.7 Å². The zero-order valence-electron chi connectivity index (χ0n) is 17.2. The molecule has 0 saturated heterocycles. The molecular weight excluding hydrogens is 362 g/mol. The molecule has 6 heteroatoms. The van der Waals surface area contributed by atoms with Crippen LogP contribution in [0.15, 0.2) is 54.6 Å². The molecule has 2 aromatic carbocycles. The molecule has 1 unspecified atom stereocenters. The number of hydrogen-bond donors (Lipinski definition) is 1. The lowest BCUT2D eigenvalue weighted by Gasteiger charge is -2.22. The Bertz CT molecular complexity index is 1050. The lowest BCUT2D eigenvalue weighted by atomic mass is 10.1. The molecule has 0 aliphatic carbocycles. The van der Waals surface area contributed by atoms with Crippen molar-refractivity contribution in [2.75, 3.05) is 29.2 Å². The molecule has 1 amide bonds. The Hall–Kier alpha value is -3.41. The third kappa shape index (κ3) is 3.78. The van der Waals surface area contributed by atoms with Gasteiger partial charge in [0, 0.05) is 43.3 Å². The lowest BCUT2D eigenvalue weighted by Crippen LogP contribution is -2.36. The number of fused-ring (bicyclic) bond motifs is 1. The molecular formula is C23H25N5O. The molecule has 0 spiro atoms. The van der Waals surface area contributed by atoms with Crippen molar-refractivity contribution >= 4 is 28.8 Å². The highest BCUT2D eigenvalue weighted by Crippen LogP contribution is 2.33. The summed E-state index contributed by atoms with van der Waals surface area (Å²) < 4.78 is 0. The average molecular weight is 387 g/mol. The normalized spacial score (nSPS) is 15.2. The van der Waals surface area contributed by atoms with Gasteiger partial charge in [0.2, 0.25) is 0 Å². The van der Waals surface area contributed by atoms with E-state index in [9.17, 15) is 4.79 Å². The zero-order valence-corrected chi connectivity index (χ0v) is 17.2. The Morgan fingerprint density at radius 3 is 2.55 bits per heavy atom. The van der Waals surface area contributed by atoms with Crippen LogP contribution in [0.5, 0.6) is 0 Å². The van der Waals surface area contributed by atoms with E-state index >= 15 is 0 Å². The van der Waals surface area contributed by atoms with Gasteiger partial charge >= 0.3 is 0 Å². The lowest BCUT2D eigenvalue weighted by molar-refractivity contribution is 0.0976. The number of carbonyl (C=O) groups is 1. The van der Waals surface area contributed by atoms with E-state index in [0.29, 0.717) is 17.3 Å². The van der Waals surface area contributed by atoms with Crippen molar-refractivity contribution in [3.8, 4) is 0 Å². The van der Waals surface area contributed by atoms with E-state index in [0.717, 1.165) is 23.5 Å². The molecule has 1 N–H and O–H groups in total. The van der Waals surface area contributed by atoms with E-state index in [1.807, 2.05) is 66.4 Å². The standard InChI is InChI=1S/C23H25N5O/c1-15-13-17-7-5-6-8-21(17)28(15)23(29)20-14-22(25-16(2)24-20)26-18-9-11-19(12-10-18)27(3)4/h5-12,14-15H,13H2,1-4H3,(H,24,25,26). The van der Waals surface area contributed by atoms with E-state index in [4.69, 9.17) is 0 Å². The van der Waals surface area contributed by atoms with Crippen molar-refractivity contribution in [1.29, 1.82) is 0 Å². The molecule has 2 heterocycles. The molecule has 1 atom stereocenters. The van der Waals surface area contributed by atoms with Crippen LogP contribution >= 0.6 is 0 Å². The Morgan fingerprint density at radius 2 is 1.83 bits per heavy atom. The predicted octanol–water partition coefficient (Wildman–Crippen LogP) is 4.19. The van der Waals surface area contributed by atoms with Gasteiger partial charge in [-0.25, -0.2) is 9.97 Å². The number of anilines is 4. The first kappa shape index (κ1) is 18.9. The molecule has 1 aromatic heterocycles. The molecule has 6 nitrogen and oxygen atoms in total. The highest BCUT2D eigenvalue weighted by atomic mass is 16.2. The van der Waals surface area contributed by atoms with Gasteiger partial charge in [-0.3, -0.25) is 4.79 Å². The van der Waals surface area contributed by atoms with Gasteiger partial charge < -0.3 is 15.1 Å². The van der Waals surface area contributed by atoms with Gasteiger partial charge in [-0.15, -0.1) is 0 Å². The van der Waals surface area contributed by atoms with Crippen molar-refractivity contribution in [2.45, 2.75) is 26.3 Å². The smallest absolute Gasteiger partial charge is 0.277 e. The monoisotopic (exact) mass is 387 g/mol. The van der Waals surface area contributed by atoms with Crippen LogP contribution < -0.4 is 15.1 Å². The van der Waals surface area contributed by atoms with E-state index in [2.05, 4.69) is 28.3 Å². The molecule has 0 fully saturated rings. The fourth-order valence-electron chi connectivity index (χ4n) is 3.73. The summed E-state index contributed by atoms with van der Waals surface area (Å²) >= 11 is 0. The van der Waals surface area contributed by atoms with Crippen LogP contribution in [0.4, 0.5) is 22.9 Å². The van der Waals surface area contributed by atoms with Crippen LogP contribution in [0.25, 0.3) is 0 Å². The maximum absolute atomic E-state index is 13.3. The number of aromatic nitrogens is 2. The highest BCUT2D eigenvalue weighted by Gasteiger charge is 2.32. The fourth-order valence-corrected chi connectivity index (χ4v) is 3.73. The SMILES string of the molecule is Cc1nc(Nc2ccc(N(C)C)cc2)cc(C(=O)N2c3ccccc3CC2C)n1. The van der Waals surface area contributed by atoms with E-state index in [-0.39, 0.29) is 11.9 Å². The first-order valence-electron chi connectivity index (χ1n) is 9.74. The number of benzene rings is 2. The number of nitrogens with zero attached hydrogens (tertiary/aromatic N) is 4. The van der Waals surface area contributed by atoms with Gasteiger partial charge in [0.1, 0.15) is 17.3 Å². The summed E-state index contributed by atoms with van der Waals surface area (Å²) in [5.41, 5.74) is 4.58. The van der Waals surface area contributed by atoms with Crippen molar-refractivity contribution < 1.29 is 4.79 Å². The molecule has 29 heavy (non-hydrogen) atoms. The minimum atomic E-state index is -0.0982. The largest absolute Gasteiger partial charge is 0.378 e. The fraction of sp³-hybridized carbons (Fsp3) is 0.261. The third-order valence-electron chi connectivity index (χ3n) is 5.14. The topological polar surface area (TPSA) is 61.4 Å². The summed E-state index contributed by atoms with van der Waals surface area (Å²) in [4.78, 5) is 26.1. The summed E-state index contributed by atoms with van der Waals surface area (Å²) in [6, 6.07) is 17.9. The molecule has 3 aromatic rings. The molecule has 0 radical (unpaired) electrons. The summed E-state index contributed by atoms with van der Waals surface area (Å²) in [7, 11) is 4.01. The number of nitrogens with one attached hydrogen (secondary N) is 1. The number of carbonyl (C=O) groups excluding carboxylic acids is 1. The molecule has 0 saturated carbocycles. The highest BCUT2D eigenvalue weighted by molar-refractivity contribution is 6.07. The van der Waals surface area contributed by atoms with Gasteiger partial charge in [-0.05, 0) is 56.2 Å². The van der Waals surface area contributed by atoms with Gasteiger partial charge in [0.15, 0.2) is 0 Å². The first-order valence-corrected chi connectivity index (χ1v) is 9.74. The minimum Gasteiger partial charge on any atom is -0.378 e. The zero-order chi connectivity index (χ0) is 20.5. The number of rotatable bonds is 4. The molecule has 1 aliphatic rings. The Balaban J connectivity index is 1.61. The van der Waals surface area contributed by atoms with Crippen LogP contribution in [-0.2, 0) is 6.42 Å². The summed E-state index contributed by atoms with van der Waals surface area (Å²) in [6.45, 7) is 3.87. The second-order valence-corrected chi connectivity index (χ2v) is 7.61. The predicted molar refractivity (Wildman–Crippen MR) is 117 cm³/mol. The molecule has 4 rings (SSSR count). The number of para-hydroxylation sites is 1. The molecule has 1 aliphatic heterocycles. The number of hydrogen-bond acceptors (Lipinski definition) is 5. The average Bonchev–Trinajstić information content (AvgIpc) is 3.03. The van der Waals surface area contributed by atoms with Crippen molar-refractivity contribution in [1.82, 2.24) is 9.97 Å². The number of amides is 1. The Kier molecular flexibility index (Phi) is 4.92. The molecule has 148 valence electrons.